The fourth-order valence-electron chi connectivity index (χ4n) is 2.09. The number of hydrogen-bond acceptors (Lipinski definition) is 1. The lowest BCUT2D eigenvalue weighted by atomic mass is 9.79. The van der Waals surface area contributed by atoms with Crippen LogP contribution in [-0.4, -0.2) is 17.2 Å². The molecule has 1 rings (SSSR count). The van der Waals surface area contributed by atoms with Gasteiger partial charge in [0, 0.05) is 5.92 Å². The molecule has 0 bridgehead atoms. The minimum atomic E-state index is -1.64. The predicted octanol–water partition coefficient (Wildman–Crippen LogP) is 2.63. The van der Waals surface area contributed by atoms with Gasteiger partial charge in [-0.15, -0.1) is 0 Å². The molecule has 1 N–H and O–H groups in total. The Morgan fingerprint density at radius 3 is 2.38 bits per heavy atom. The smallest absolute Gasteiger partial charge is 0.338 e. The monoisotopic (exact) mass is 188 g/mol. The third kappa shape index (κ3) is 2.68. The third-order valence-corrected chi connectivity index (χ3v) is 3.12. The van der Waals surface area contributed by atoms with Crippen LogP contribution in [0, 0.1) is 11.8 Å². The Hall–Kier alpha value is -0.600. The van der Waals surface area contributed by atoms with Crippen LogP contribution in [0.1, 0.15) is 39.0 Å². The highest BCUT2D eigenvalue weighted by atomic mass is 19.1. The summed E-state index contributed by atoms with van der Waals surface area (Å²) >= 11 is 0. The maximum atomic E-state index is 13.0. The van der Waals surface area contributed by atoms with E-state index in [1.165, 1.54) is 0 Å². The van der Waals surface area contributed by atoms with Crippen LogP contribution in [0.4, 0.5) is 4.39 Å². The lowest BCUT2D eigenvalue weighted by molar-refractivity contribution is -0.145. The van der Waals surface area contributed by atoms with Crippen LogP contribution < -0.4 is 0 Å². The molecule has 1 aliphatic carbocycles. The highest BCUT2D eigenvalue weighted by Gasteiger charge is 2.31. The largest absolute Gasteiger partial charge is 0.479 e. The number of carboxylic acid groups (broad SMARTS) is 1. The van der Waals surface area contributed by atoms with Crippen LogP contribution in [0.3, 0.4) is 0 Å². The van der Waals surface area contributed by atoms with Gasteiger partial charge in [0.2, 0.25) is 0 Å². The molecule has 0 aromatic heterocycles. The number of carbonyl (C=O) groups is 1. The van der Waals surface area contributed by atoms with E-state index in [1.807, 2.05) is 0 Å². The topological polar surface area (TPSA) is 37.3 Å². The van der Waals surface area contributed by atoms with Gasteiger partial charge < -0.3 is 5.11 Å². The van der Waals surface area contributed by atoms with Crippen molar-refractivity contribution in [2.24, 2.45) is 11.8 Å². The van der Waals surface area contributed by atoms with E-state index < -0.39 is 12.1 Å². The average molecular weight is 188 g/mol. The molecular formula is C10H17FO2. The predicted molar refractivity (Wildman–Crippen MR) is 48.3 cm³/mol. The molecule has 13 heavy (non-hydrogen) atoms. The normalized spacial score (nSPS) is 31.2. The van der Waals surface area contributed by atoms with Crippen molar-refractivity contribution >= 4 is 5.97 Å². The fraction of sp³-hybridized carbons (Fsp3) is 0.900. The molecule has 0 amide bonds. The molecule has 0 saturated heterocycles. The van der Waals surface area contributed by atoms with Crippen molar-refractivity contribution in [3.05, 3.63) is 0 Å². The summed E-state index contributed by atoms with van der Waals surface area (Å²) in [5, 5.41) is 8.48. The molecule has 0 heterocycles. The molecule has 1 unspecified atom stereocenters. The number of halogens is 1. The zero-order valence-electron chi connectivity index (χ0n) is 8.00. The number of carboxylic acids is 1. The molecule has 1 saturated carbocycles. The number of alkyl halides is 1. The van der Waals surface area contributed by atoms with E-state index in [2.05, 4.69) is 6.92 Å². The average Bonchev–Trinajstić information content (AvgIpc) is 2.17. The zero-order valence-corrected chi connectivity index (χ0v) is 8.00. The first-order valence-corrected chi connectivity index (χ1v) is 5.02. The SMILES string of the molecule is CCC1CCC(C(F)C(=O)O)CC1. The van der Waals surface area contributed by atoms with E-state index in [1.54, 1.807) is 0 Å². The Morgan fingerprint density at radius 1 is 1.46 bits per heavy atom. The van der Waals surface area contributed by atoms with Gasteiger partial charge in [-0.05, 0) is 18.8 Å². The van der Waals surface area contributed by atoms with Gasteiger partial charge in [-0.1, -0.05) is 26.2 Å². The van der Waals surface area contributed by atoms with Crippen LogP contribution >= 0.6 is 0 Å². The molecule has 0 aromatic rings. The minimum absolute atomic E-state index is 0.236. The molecule has 1 atom stereocenters. The van der Waals surface area contributed by atoms with E-state index in [0.717, 1.165) is 32.1 Å². The maximum absolute atomic E-state index is 13.0. The third-order valence-electron chi connectivity index (χ3n) is 3.12. The second kappa shape index (κ2) is 4.58. The van der Waals surface area contributed by atoms with E-state index in [4.69, 9.17) is 5.11 Å². The summed E-state index contributed by atoms with van der Waals surface area (Å²) in [6.45, 7) is 2.13. The maximum Gasteiger partial charge on any atom is 0.338 e. The lowest BCUT2D eigenvalue weighted by Crippen LogP contribution is -2.28. The van der Waals surface area contributed by atoms with Gasteiger partial charge >= 0.3 is 5.97 Å². The first-order valence-electron chi connectivity index (χ1n) is 5.02. The van der Waals surface area contributed by atoms with Gasteiger partial charge in [0.05, 0.1) is 0 Å². The van der Waals surface area contributed by atoms with Crippen LogP contribution in [-0.2, 0) is 4.79 Å². The lowest BCUT2D eigenvalue weighted by Gasteiger charge is -2.28. The van der Waals surface area contributed by atoms with Crippen molar-refractivity contribution in [2.75, 3.05) is 0 Å². The molecule has 76 valence electrons. The Balaban J connectivity index is 2.36. The van der Waals surface area contributed by atoms with E-state index in [0.29, 0.717) is 5.92 Å². The Labute approximate surface area is 78.1 Å². The van der Waals surface area contributed by atoms with Gasteiger partial charge in [0.1, 0.15) is 0 Å². The Kier molecular flexibility index (Phi) is 3.70. The molecular weight excluding hydrogens is 171 g/mol. The van der Waals surface area contributed by atoms with Gasteiger partial charge in [0.25, 0.3) is 0 Å². The van der Waals surface area contributed by atoms with E-state index in [-0.39, 0.29) is 5.92 Å². The quantitative estimate of drug-likeness (QED) is 0.739. The van der Waals surface area contributed by atoms with Crippen molar-refractivity contribution in [3.63, 3.8) is 0 Å². The summed E-state index contributed by atoms with van der Waals surface area (Å²) in [6, 6.07) is 0. The van der Waals surface area contributed by atoms with Crippen LogP contribution in [0.5, 0.6) is 0 Å². The van der Waals surface area contributed by atoms with Crippen LogP contribution in [0.15, 0.2) is 0 Å². The van der Waals surface area contributed by atoms with E-state index in [9.17, 15) is 9.18 Å². The summed E-state index contributed by atoms with van der Waals surface area (Å²) < 4.78 is 13.0. The Morgan fingerprint density at radius 2 is 2.00 bits per heavy atom. The molecule has 3 heteroatoms. The van der Waals surface area contributed by atoms with Gasteiger partial charge in [-0.3, -0.25) is 0 Å². The molecule has 0 aliphatic heterocycles. The minimum Gasteiger partial charge on any atom is -0.479 e. The van der Waals surface area contributed by atoms with Gasteiger partial charge in [-0.25, -0.2) is 9.18 Å². The summed E-state index contributed by atoms with van der Waals surface area (Å²) in [6.07, 6.45) is 2.97. The summed E-state index contributed by atoms with van der Waals surface area (Å²) in [4.78, 5) is 10.4. The van der Waals surface area contributed by atoms with Crippen LogP contribution in [0.25, 0.3) is 0 Å². The molecule has 0 aromatic carbocycles. The highest BCUT2D eigenvalue weighted by molar-refractivity contribution is 5.72. The van der Waals surface area contributed by atoms with Crippen LogP contribution in [0.2, 0.25) is 0 Å². The fourth-order valence-corrected chi connectivity index (χ4v) is 2.09. The Bertz CT molecular complexity index is 174. The van der Waals surface area contributed by atoms with Gasteiger partial charge in [0.15, 0.2) is 6.17 Å². The standard InChI is InChI=1S/C10H17FO2/c1-2-7-3-5-8(6-4-7)9(11)10(12)13/h7-9H,2-6H2,1H3,(H,12,13). The van der Waals surface area contributed by atoms with Crippen molar-refractivity contribution in [1.29, 1.82) is 0 Å². The number of hydrogen-bond donors (Lipinski definition) is 1. The number of rotatable bonds is 3. The molecule has 1 aliphatic rings. The summed E-state index contributed by atoms with van der Waals surface area (Å²) in [5.41, 5.74) is 0. The first-order chi connectivity index (χ1) is 6.15. The highest BCUT2D eigenvalue weighted by Crippen LogP contribution is 2.33. The van der Waals surface area contributed by atoms with Crippen molar-refractivity contribution in [1.82, 2.24) is 0 Å². The molecule has 1 fully saturated rings. The second-order valence-corrected chi connectivity index (χ2v) is 3.93. The molecule has 2 nitrogen and oxygen atoms in total. The molecule has 0 spiro atoms. The summed E-state index contributed by atoms with van der Waals surface area (Å²) in [5.74, 6) is -0.836. The second-order valence-electron chi connectivity index (χ2n) is 3.93. The molecule has 0 radical (unpaired) electrons. The van der Waals surface area contributed by atoms with E-state index >= 15 is 0 Å². The van der Waals surface area contributed by atoms with Crippen molar-refractivity contribution in [2.45, 2.75) is 45.2 Å². The first kappa shape index (κ1) is 10.5. The van der Waals surface area contributed by atoms with Gasteiger partial charge in [-0.2, -0.15) is 0 Å². The van der Waals surface area contributed by atoms with Crippen molar-refractivity contribution < 1.29 is 14.3 Å². The summed E-state index contributed by atoms with van der Waals surface area (Å²) in [7, 11) is 0. The zero-order chi connectivity index (χ0) is 9.84. The number of aliphatic carboxylic acids is 1. The van der Waals surface area contributed by atoms with Crippen molar-refractivity contribution in [3.8, 4) is 0 Å².